The number of benzene rings is 1. The maximum absolute atomic E-state index is 13.7. The molecule has 5 amide bonds. The van der Waals surface area contributed by atoms with Gasteiger partial charge in [0.25, 0.3) is 5.91 Å². The van der Waals surface area contributed by atoms with Gasteiger partial charge in [-0.05, 0) is 45.7 Å². The first-order valence-electron chi connectivity index (χ1n) is 14.3. The Balaban J connectivity index is 1.60. The van der Waals surface area contributed by atoms with Crippen LogP contribution in [0.25, 0.3) is 0 Å². The lowest BCUT2D eigenvalue weighted by Crippen LogP contribution is -2.50. The molecule has 4 N–H and O–H groups in total. The van der Waals surface area contributed by atoms with Gasteiger partial charge in [-0.15, -0.1) is 0 Å². The molecule has 0 saturated heterocycles. The van der Waals surface area contributed by atoms with E-state index in [1.807, 2.05) is 6.92 Å². The molecule has 224 valence electrons. The topological polar surface area (TPSA) is 149 Å². The number of rotatable bonds is 7. The van der Waals surface area contributed by atoms with Gasteiger partial charge in [-0.25, -0.2) is 9.59 Å². The van der Waals surface area contributed by atoms with Crippen LogP contribution in [0.2, 0.25) is 0 Å². The van der Waals surface area contributed by atoms with E-state index in [0.717, 1.165) is 25.7 Å². The summed E-state index contributed by atoms with van der Waals surface area (Å²) in [6.07, 6.45) is 4.67. The largest absolute Gasteiger partial charge is 0.485 e. The predicted molar refractivity (Wildman–Crippen MR) is 154 cm³/mol. The molecule has 1 aromatic heterocycles. The van der Waals surface area contributed by atoms with Gasteiger partial charge < -0.3 is 40.1 Å². The second-order valence-corrected chi connectivity index (χ2v) is 11.2. The molecule has 1 aliphatic carbocycles. The van der Waals surface area contributed by atoms with Crippen molar-refractivity contribution in [2.24, 2.45) is 5.92 Å². The number of aliphatic hydroxyl groups excluding tert-OH is 1. The van der Waals surface area contributed by atoms with Crippen LogP contribution in [0.5, 0.6) is 5.75 Å². The number of carbonyl (C=O) groups is 3. The molecule has 2 aliphatic rings. The number of carbonyl (C=O) groups excluding carboxylic acids is 3. The lowest BCUT2D eigenvalue weighted by atomic mass is 9.96. The van der Waals surface area contributed by atoms with E-state index in [2.05, 4.69) is 21.1 Å². The molecule has 0 unspecified atom stereocenters. The van der Waals surface area contributed by atoms with E-state index in [4.69, 9.17) is 9.26 Å². The first-order valence-corrected chi connectivity index (χ1v) is 14.3. The fraction of sp³-hybridized carbons (Fsp3) is 0.586. The molecule has 12 nitrogen and oxygen atoms in total. The summed E-state index contributed by atoms with van der Waals surface area (Å²) < 4.78 is 11.7. The van der Waals surface area contributed by atoms with Crippen LogP contribution in [0.3, 0.4) is 0 Å². The zero-order valence-electron chi connectivity index (χ0n) is 24.5. The molecule has 1 aromatic carbocycles. The highest BCUT2D eigenvalue weighted by Gasteiger charge is 2.35. The van der Waals surface area contributed by atoms with Gasteiger partial charge >= 0.3 is 12.1 Å². The number of nitrogens with one attached hydrogen (secondary N) is 3. The fourth-order valence-electron chi connectivity index (χ4n) is 5.37. The molecular weight excluding hydrogens is 528 g/mol. The first kappa shape index (κ1) is 30.2. The van der Waals surface area contributed by atoms with Crippen LogP contribution >= 0.6 is 0 Å². The minimum Gasteiger partial charge on any atom is -0.485 e. The van der Waals surface area contributed by atoms with E-state index >= 15 is 0 Å². The average Bonchev–Trinajstić information content (AvgIpc) is 3.27. The molecule has 2 heterocycles. The summed E-state index contributed by atoms with van der Waals surface area (Å²) in [4.78, 5) is 42.9. The van der Waals surface area contributed by atoms with Gasteiger partial charge in [-0.1, -0.05) is 37.4 Å². The Hall–Kier alpha value is -3.80. The van der Waals surface area contributed by atoms with E-state index in [1.54, 1.807) is 50.9 Å². The highest BCUT2D eigenvalue weighted by molar-refractivity contribution is 6.01. The third-order valence-electron chi connectivity index (χ3n) is 7.95. The van der Waals surface area contributed by atoms with Crippen LogP contribution in [0.1, 0.15) is 67.8 Å². The molecular formula is C29H42N6O6. The molecule has 2 aromatic rings. The maximum Gasteiger partial charge on any atom is 0.321 e. The quantitative estimate of drug-likeness (QED) is 0.391. The number of anilines is 2. The Morgan fingerprint density at radius 1 is 1.20 bits per heavy atom. The lowest BCUT2D eigenvalue weighted by Gasteiger charge is -2.38. The van der Waals surface area contributed by atoms with Crippen LogP contribution in [0.4, 0.5) is 21.0 Å². The zero-order chi connectivity index (χ0) is 29.7. The van der Waals surface area contributed by atoms with Crippen molar-refractivity contribution in [1.29, 1.82) is 0 Å². The van der Waals surface area contributed by atoms with Gasteiger partial charge in [0, 0.05) is 25.6 Å². The Morgan fingerprint density at radius 2 is 1.93 bits per heavy atom. The minimum absolute atomic E-state index is 0.107. The zero-order valence-corrected chi connectivity index (χ0v) is 24.5. The monoisotopic (exact) mass is 570 g/mol. The second kappa shape index (κ2) is 13.2. The molecule has 0 radical (unpaired) electrons. The number of hydrogen-bond donors (Lipinski definition) is 4. The summed E-state index contributed by atoms with van der Waals surface area (Å²) in [6, 6.07) is 3.99. The van der Waals surface area contributed by atoms with E-state index in [0.29, 0.717) is 29.4 Å². The number of para-hydroxylation sites is 1. The van der Waals surface area contributed by atoms with Crippen molar-refractivity contribution in [2.75, 3.05) is 37.4 Å². The molecule has 1 fully saturated rings. The number of nitrogens with zero attached hydrogens (tertiary/aromatic N) is 3. The van der Waals surface area contributed by atoms with Gasteiger partial charge in [0.15, 0.2) is 11.5 Å². The molecule has 4 rings (SSSR count). The molecule has 3 atom stereocenters. The second-order valence-electron chi connectivity index (χ2n) is 11.2. The fourth-order valence-corrected chi connectivity index (χ4v) is 5.37. The van der Waals surface area contributed by atoms with Crippen LogP contribution in [0.15, 0.2) is 22.7 Å². The number of urea groups is 2. The molecule has 1 saturated carbocycles. The lowest BCUT2D eigenvalue weighted by molar-refractivity contribution is 0.0373. The number of aromatic nitrogens is 1. The Labute approximate surface area is 240 Å². The SMILES string of the molecule is Cc1noc(C)c1NC(=O)N(C)C[C@H]1Oc2c(NC(=O)NC3CCCCC3)cccc2C(=O)N([C@H](C)CO)C[C@H]1C. The van der Waals surface area contributed by atoms with Crippen LogP contribution in [-0.2, 0) is 0 Å². The third kappa shape index (κ3) is 7.10. The van der Waals surface area contributed by atoms with E-state index < -0.39 is 12.1 Å². The van der Waals surface area contributed by atoms with Gasteiger partial charge in [0.05, 0.1) is 30.4 Å². The maximum atomic E-state index is 13.7. The van der Waals surface area contributed by atoms with Crippen molar-refractivity contribution in [3.05, 3.63) is 35.2 Å². The van der Waals surface area contributed by atoms with Crippen molar-refractivity contribution >= 4 is 29.3 Å². The van der Waals surface area contributed by atoms with Gasteiger partial charge in [0.1, 0.15) is 17.5 Å². The van der Waals surface area contributed by atoms with Gasteiger partial charge in [0.2, 0.25) is 0 Å². The molecule has 0 bridgehead atoms. The van der Waals surface area contributed by atoms with Crippen molar-refractivity contribution in [1.82, 2.24) is 20.3 Å². The Morgan fingerprint density at radius 3 is 2.59 bits per heavy atom. The summed E-state index contributed by atoms with van der Waals surface area (Å²) in [5.74, 6) is 0.220. The summed E-state index contributed by atoms with van der Waals surface area (Å²) in [5, 5.41) is 22.6. The van der Waals surface area contributed by atoms with Gasteiger partial charge in [-0.3, -0.25) is 4.79 Å². The number of fused-ring (bicyclic) bond motifs is 1. The molecule has 1 aliphatic heterocycles. The standard InChI is InChI=1S/C29H42N6O6/c1-17-14-35(18(2)16-36)27(37)22-12-9-13-23(31-28(38)30-21-10-7-6-8-11-21)26(22)40-24(17)15-34(5)29(39)32-25-19(3)33-41-20(25)4/h9,12-13,17-18,21,24,36H,6-8,10-11,14-16H2,1-5H3,(H,32,39)(H2,30,31,38)/t17-,18-,24-/m1/s1. The highest BCUT2D eigenvalue weighted by Crippen LogP contribution is 2.35. The summed E-state index contributed by atoms with van der Waals surface area (Å²) in [7, 11) is 1.66. The summed E-state index contributed by atoms with van der Waals surface area (Å²) in [5.41, 5.74) is 1.73. The number of likely N-dealkylation sites (N-methyl/N-ethyl adjacent to an activating group) is 1. The normalized spacial score (nSPS) is 20.2. The van der Waals surface area contributed by atoms with Crippen LogP contribution < -0.4 is 20.7 Å². The third-order valence-corrected chi connectivity index (χ3v) is 7.95. The average molecular weight is 571 g/mol. The van der Waals surface area contributed by atoms with E-state index in [9.17, 15) is 19.5 Å². The molecule has 0 spiro atoms. The van der Waals surface area contributed by atoms with Crippen LogP contribution in [-0.4, -0.2) is 83.0 Å². The van der Waals surface area contributed by atoms with Crippen molar-refractivity contribution in [3.8, 4) is 5.75 Å². The Kier molecular flexibility index (Phi) is 9.74. The van der Waals surface area contributed by atoms with Crippen LogP contribution in [0, 0.1) is 19.8 Å². The summed E-state index contributed by atoms with van der Waals surface area (Å²) >= 11 is 0. The number of aryl methyl sites for hydroxylation is 2. The highest BCUT2D eigenvalue weighted by atomic mass is 16.5. The molecule has 12 heteroatoms. The summed E-state index contributed by atoms with van der Waals surface area (Å²) in [6.45, 7) is 7.48. The van der Waals surface area contributed by atoms with E-state index in [1.165, 1.54) is 11.3 Å². The van der Waals surface area contributed by atoms with Crippen molar-refractivity contribution in [2.45, 2.75) is 78.0 Å². The van der Waals surface area contributed by atoms with Crippen molar-refractivity contribution < 1.29 is 28.8 Å². The number of ether oxygens (including phenoxy) is 1. The number of aliphatic hydroxyl groups is 1. The first-order chi connectivity index (χ1) is 19.6. The Bertz CT molecular complexity index is 1220. The molecule has 41 heavy (non-hydrogen) atoms. The minimum atomic E-state index is -0.542. The number of hydrogen-bond acceptors (Lipinski definition) is 7. The smallest absolute Gasteiger partial charge is 0.321 e. The van der Waals surface area contributed by atoms with Gasteiger partial charge in [-0.2, -0.15) is 0 Å². The predicted octanol–water partition coefficient (Wildman–Crippen LogP) is 4.13. The van der Waals surface area contributed by atoms with Crippen molar-refractivity contribution in [3.63, 3.8) is 0 Å². The van der Waals surface area contributed by atoms with E-state index in [-0.39, 0.29) is 54.4 Å². The number of amides is 5.